The van der Waals surface area contributed by atoms with Gasteiger partial charge in [-0.25, -0.2) is 0 Å². The quantitative estimate of drug-likeness (QED) is 0.747. The van der Waals surface area contributed by atoms with Crippen molar-refractivity contribution < 1.29 is 39.3 Å². The van der Waals surface area contributed by atoms with Crippen LogP contribution in [0.2, 0.25) is 0 Å². The monoisotopic (exact) mass is 292 g/mol. The van der Waals surface area contributed by atoms with Crippen LogP contribution in [0.1, 0.15) is 25.7 Å². The zero-order valence-corrected chi connectivity index (χ0v) is 12.7. The molecule has 0 aromatic carbocycles. The normalized spacial score (nSPS) is 26.6. The first-order chi connectivity index (χ1) is 7.61. The van der Waals surface area contributed by atoms with Gasteiger partial charge in [-0.1, -0.05) is 25.7 Å². The van der Waals surface area contributed by atoms with Crippen LogP contribution in [0.25, 0.3) is 10.6 Å². The summed E-state index contributed by atoms with van der Waals surface area (Å²) in [5, 5.41) is 24.3. The van der Waals surface area contributed by atoms with Gasteiger partial charge in [-0.15, -0.1) is 13.1 Å². The van der Waals surface area contributed by atoms with Gasteiger partial charge in [0.05, 0.1) is 0 Å². The summed E-state index contributed by atoms with van der Waals surface area (Å²) in [4.78, 5) is 20.2. The third kappa shape index (κ3) is 6.10. The first-order valence-electron chi connectivity index (χ1n) is 5.40. The minimum absolute atomic E-state index is 0. The number of carboxylic acids is 2. The molecular formula is C10H16N2O4Zn. The van der Waals surface area contributed by atoms with Crippen LogP contribution in [-0.2, 0) is 29.1 Å². The number of hydrogen-bond acceptors (Lipinski definition) is 2. The maximum Gasteiger partial charge on any atom is 2.00 e. The van der Waals surface area contributed by atoms with Gasteiger partial charge in [0.2, 0.25) is 0 Å². The van der Waals surface area contributed by atoms with E-state index in [9.17, 15) is 9.59 Å². The average molecular weight is 294 g/mol. The molecule has 7 heteroatoms. The molecule has 2 aliphatic heterocycles. The van der Waals surface area contributed by atoms with Gasteiger partial charge in [0.15, 0.2) is 0 Å². The molecule has 0 bridgehead atoms. The van der Waals surface area contributed by atoms with Gasteiger partial charge in [-0.3, -0.25) is 9.59 Å². The van der Waals surface area contributed by atoms with Gasteiger partial charge in [-0.05, 0) is 12.1 Å². The largest absolute Gasteiger partial charge is 2.00 e. The standard InChI is InChI=1S/2C5H8NO2.Zn/c2*7-5(8)4-2-1-3-6-4;/h2*4H,1-3H2,(H,7,8);/q2*-1;+2. The van der Waals surface area contributed by atoms with Gasteiger partial charge >= 0.3 is 19.5 Å². The molecule has 0 aliphatic carbocycles. The molecule has 2 aliphatic rings. The molecule has 17 heavy (non-hydrogen) atoms. The summed E-state index contributed by atoms with van der Waals surface area (Å²) in [6.45, 7) is 1.47. The second kappa shape index (κ2) is 8.56. The minimum atomic E-state index is -0.775. The molecule has 2 fully saturated rings. The first kappa shape index (κ1) is 16.5. The Labute approximate surface area is 113 Å². The zero-order valence-electron chi connectivity index (χ0n) is 9.71. The smallest absolute Gasteiger partial charge is 0.650 e. The molecule has 0 amide bonds. The Balaban J connectivity index is 0.000000284. The van der Waals surface area contributed by atoms with E-state index in [0.29, 0.717) is 0 Å². The molecule has 0 saturated carbocycles. The van der Waals surface area contributed by atoms with Gasteiger partial charge in [0, 0.05) is 0 Å². The summed E-state index contributed by atoms with van der Waals surface area (Å²) in [7, 11) is 0. The van der Waals surface area contributed by atoms with Crippen LogP contribution in [0, 0.1) is 0 Å². The molecular weight excluding hydrogens is 278 g/mol. The molecule has 2 saturated heterocycles. The zero-order chi connectivity index (χ0) is 12.0. The summed E-state index contributed by atoms with van der Waals surface area (Å²) >= 11 is 0. The maximum absolute atomic E-state index is 10.1. The Morgan fingerprint density at radius 1 is 0.882 bits per heavy atom. The molecule has 2 N–H and O–H groups in total. The van der Waals surface area contributed by atoms with E-state index in [1.807, 2.05) is 0 Å². The number of carbonyl (C=O) groups is 2. The number of carboxylic acid groups (broad SMARTS) is 2. The van der Waals surface area contributed by atoms with Crippen molar-refractivity contribution in [3.05, 3.63) is 10.6 Å². The maximum atomic E-state index is 10.1. The third-order valence-electron chi connectivity index (χ3n) is 2.54. The van der Waals surface area contributed by atoms with Crippen LogP contribution < -0.4 is 0 Å². The molecule has 2 heterocycles. The van der Waals surface area contributed by atoms with Crippen molar-refractivity contribution in [2.24, 2.45) is 0 Å². The Bertz CT molecular complexity index is 225. The number of rotatable bonds is 2. The fourth-order valence-electron chi connectivity index (χ4n) is 1.65. The van der Waals surface area contributed by atoms with Gasteiger partial charge < -0.3 is 20.8 Å². The first-order valence-corrected chi connectivity index (χ1v) is 5.40. The van der Waals surface area contributed by atoms with Crippen molar-refractivity contribution in [2.75, 3.05) is 13.1 Å². The predicted molar refractivity (Wildman–Crippen MR) is 57.8 cm³/mol. The van der Waals surface area contributed by atoms with E-state index in [1.54, 1.807) is 0 Å². The number of aliphatic carboxylic acids is 2. The predicted octanol–water partition coefficient (Wildman–Crippen LogP) is 1.21. The Morgan fingerprint density at radius 2 is 1.24 bits per heavy atom. The summed E-state index contributed by atoms with van der Waals surface area (Å²) in [6.07, 6.45) is 3.35. The van der Waals surface area contributed by atoms with E-state index >= 15 is 0 Å². The molecule has 0 aromatic rings. The van der Waals surface area contributed by atoms with Crippen LogP contribution >= 0.6 is 0 Å². The van der Waals surface area contributed by atoms with Gasteiger partial charge in [0.25, 0.3) is 11.9 Å². The molecule has 0 radical (unpaired) electrons. The van der Waals surface area contributed by atoms with Crippen molar-refractivity contribution in [3.8, 4) is 0 Å². The fraction of sp³-hybridized carbons (Fsp3) is 0.800. The van der Waals surface area contributed by atoms with Crippen molar-refractivity contribution in [1.29, 1.82) is 0 Å². The summed E-state index contributed by atoms with van der Waals surface area (Å²) < 4.78 is 0. The van der Waals surface area contributed by atoms with Crippen LogP contribution in [0.5, 0.6) is 0 Å². The molecule has 0 spiro atoms. The second-order valence-electron chi connectivity index (χ2n) is 3.80. The Hall–Kier alpha value is -0.517. The second-order valence-corrected chi connectivity index (χ2v) is 3.80. The summed E-state index contributed by atoms with van der Waals surface area (Å²) in [6, 6.07) is -0.787. The van der Waals surface area contributed by atoms with E-state index in [2.05, 4.69) is 10.6 Å². The third-order valence-corrected chi connectivity index (χ3v) is 2.54. The summed E-state index contributed by atoms with van der Waals surface area (Å²) in [5.74, 6) is -1.55. The van der Waals surface area contributed by atoms with E-state index in [1.165, 1.54) is 0 Å². The van der Waals surface area contributed by atoms with Gasteiger partial charge in [-0.2, -0.15) is 0 Å². The van der Waals surface area contributed by atoms with E-state index in [4.69, 9.17) is 10.2 Å². The Kier molecular flexibility index (Phi) is 8.30. The summed E-state index contributed by atoms with van der Waals surface area (Å²) in [5.41, 5.74) is 0. The fourth-order valence-corrected chi connectivity index (χ4v) is 1.65. The van der Waals surface area contributed by atoms with E-state index < -0.39 is 24.0 Å². The molecule has 2 atom stereocenters. The number of nitrogens with zero attached hydrogens (tertiary/aromatic N) is 2. The van der Waals surface area contributed by atoms with Crippen molar-refractivity contribution >= 4 is 11.9 Å². The molecule has 6 nitrogen and oxygen atoms in total. The van der Waals surface area contributed by atoms with Crippen LogP contribution in [0.4, 0.5) is 0 Å². The molecule has 92 valence electrons. The topological polar surface area (TPSA) is 103 Å². The van der Waals surface area contributed by atoms with Crippen molar-refractivity contribution in [2.45, 2.75) is 37.8 Å². The van der Waals surface area contributed by atoms with Crippen LogP contribution in [0.3, 0.4) is 0 Å². The van der Waals surface area contributed by atoms with Crippen molar-refractivity contribution in [3.63, 3.8) is 0 Å². The number of hydrogen-bond donors (Lipinski definition) is 2. The SMILES string of the molecule is O=C(O)C1CCC[N-]1.O=C(O)C1CCC[N-]1.[Zn+2]. The average Bonchev–Trinajstić information content (AvgIpc) is 2.93. The van der Waals surface area contributed by atoms with E-state index in [-0.39, 0.29) is 19.5 Å². The van der Waals surface area contributed by atoms with E-state index in [0.717, 1.165) is 38.8 Å². The van der Waals surface area contributed by atoms with Crippen LogP contribution in [-0.4, -0.2) is 47.3 Å². The molecule has 2 rings (SSSR count). The minimum Gasteiger partial charge on any atom is -0.650 e. The molecule has 2 unspecified atom stereocenters. The van der Waals surface area contributed by atoms with Gasteiger partial charge in [0.1, 0.15) is 0 Å². The van der Waals surface area contributed by atoms with Crippen LogP contribution in [0.15, 0.2) is 0 Å². The van der Waals surface area contributed by atoms with Crippen molar-refractivity contribution in [1.82, 2.24) is 0 Å². The molecule has 0 aromatic heterocycles. The Morgan fingerprint density at radius 3 is 1.35 bits per heavy atom.